The van der Waals surface area contributed by atoms with Crippen LogP contribution in [-0.2, 0) is 7.05 Å². The molecule has 96 valence electrons. The minimum Gasteiger partial charge on any atom is -0.476 e. The lowest BCUT2D eigenvalue weighted by molar-refractivity contribution is 0.329. The first kappa shape index (κ1) is 12.2. The normalized spacial score (nSPS) is 10.4. The van der Waals surface area contributed by atoms with Crippen molar-refractivity contribution in [1.82, 2.24) is 14.8 Å². The predicted molar refractivity (Wildman–Crippen MR) is 71.0 cm³/mol. The van der Waals surface area contributed by atoms with Crippen LogP contribution in [0.15, 0.2) is 18.3 Å². The van der Waals surface area contributed by atoms with Crippen LogP contribution in [-0.4, -0.2) is 21.4 Å². The fourth-order valence-corrected chi connectivity index (χ4v) is 1.63. The van der Waals surface area contributed by atoms with Gasteiger partial charge >= 0.3 is 0 Å². The van der Waals surface area contributed by atoms with Crippen LogP contribution >= 0.6 is 0 Å². The molecule has 2 rings (SSSR count). The monoisotopic (exact) mass is 247 g/mol. The van der Waals surface area contributed by atoms with Crippen molar-refractivity contribution in [2.24, 2.45) is 7.05 Å². The van der Waals surface area contributed by atoms with Gasteiger partial charge in [0.25, 0.3) is 0 Å². The lowest BCUT2D eigenvalue weighted by Crippen LogP contribution is -2.02. The van der Waals surface area contributed by atoms with E-state index in [0.29, 0.717) is 24.0 Å². The molecule has 0 spiro atoms. The third-order valence-electron chi connectivity index (χ3n) is 2.45. The number of pyridine rings is 1. The Labute approximate surface area is 106 Å². The second-order valence-corrected chi connectivity index (χ2v) is 3.95. The lowest BCUT2D eigenvalue weighted by atomic mass is 10.3. The Hall–Kier alpha value is -2.24. The molecule has 3 N–H and O–H groups in total. The fourth-order valence-electron chi connectivity index (χ4n) is 1.63. The summed E-state index contributed by atoms with van der Waals surface area (Å²) in [6, 6.07) is 3.58. The van der Waals surface area contributed by atoms with Gasteiger partial charge in [0.05, 0.1) is 23.7 Å². The molecular formula is C12H17N5O. The number of nitrogen functional groups attached to an aromatic ring is 1. The molecular weight excluding hydrogens is 230 g/mol. The Morgan fingerprint density at radius 3 is 2.83 bits per heavy atom. The molecule has 0 aromatic carbocycles. The highest BCUT2D eigenvalue weighted by atomic mass is 16.5. The summed E-state index contributed by atoms with van der Waals surface area (Å²) in [6.45, 7) is 4.36. The number of aryl methyl sites for hydroxylation is 2. The zero-order valence-corrected chi connectivity index (χ0v) is 10.8. The molecule has 0 aliphatic rings. The maximum atomic E-state index is 5.77. The first-order chi connectivity index (χ1) is 8.60. The van der Waals surface area contributed by atoms with Crippen molar-refractivity contribution in [3.05, 3.63) is 24.0 Å². The van der Waals surface area contributed by atoms with Crippen molar-refractivity contribution in [2.75, 3.05) is 17.7 Å². The van der Waals surface area contributed by atoms with E-state index in [2.05, 4.69) is 15.4 Å². The van der Waals surface area contributed by atoms with Gasteiger partial charge in [-0.2, -0.15) is 10.1 Å². The zero-order valence-electron chi connectivity index (χ0n) is 10.8. The van der Waals surface area contributed by atoms with E-state index in [1.54, 1.807) is 10.7 Å². The van der Waals surface area contributed by atoms with E-state index in [4.69, 9.17) is 10.5 Å². The van der Waals surface area contributed by atoms with Crippen LogP contribution in [0.1, 0.15) is 12.6 Å². The first-order valence-electron chi connectivity index (χ1n) is 5.76. The highest BCUT2D eigenvalue weighted by Gasteiger charge is 2.07. The molecule has 0 unspecified atom stereocenters. The summed E-state index contributed by atoms with van der Waals surface area (Å²) in [6.07, 6.45) is 1.90. The second-order valence-electron chi connectivity index (χ2n) is 3.95. The summed E-state index contributed by atoms with van der Waals surface area (Å²) in [5, 5.41) is 7.44. The van der Waals surface area contributed by atoms with E-state index in [0.717, 1.165) is 11.4 Å². The molecule has 0 aliphatic heterocycles. The van der Waals surface area contributed by atoms with Gasteiger partial charge in [0.15, 0.2) is 0 Å². The van der Waals surface area contributed by atoms with Gasteiger partial charge in [0.1, 0.15) is 5.82 Å². The van der Waals surface area contributed by atoms with Gasteiger partial charge in [-0.25, -0.2) is 0 Å². The molecule has 0 aliphatic carbocycles. The Kier molecular flexibility index (Phi) is 3.36. The zero-order chi connectivity index (χ0) is 13.1. The van der Waals surface area contributed by atoms with Gasteiger partial charge in [-0.05, 0) is 26.0 Å². The van der Waals surface area contributed by atoms with Gasteiger partial charge in [-0.15, -0.1) is 0 Å². The van der Waals surface area contributed by atoms with E-state index in [-0.39, 0.29) is 0 Å². The Morgan fingerprint density at radius 1 is 1.44 bits per heavy atom. The molecule has 6 nitrogen and oxygen atoms in total. The molecule has 2 heterocycles. The van der Waals surface area contributed by atoms with E-state index in [1.165, 1.54) is 0 Å². The average Bonchev–Trinajstić information content (AvgIpc) is 2.62. The van der Waals surface area contributed by atoms with Crippen LogP contribution in [0.3, 0.4) is 0 Å². The SMILES string of the molecule is CCOc1nc(Nc2cn(C)nc2C)ccc1N. The molecule has 0 atom stereocenters. The topological polar surface area (TPSA) is 78.0 Å². The summed E-state index contributed by atoms with van der Waals surface area (Å²) in [5.41, 5.74) is 8.13. The molecule has 0 saturated carbocycles. The predicted octanol–water partition coefficient (Wildman–Crippen LogP) is 1.85. The number of rotatable bonds is 4. The first-order valence-corrected chi connectivity index (χ1v) is 5.76. The quantitative estimate of drug-likeness (QED) is 0.862. The fraction of sp³-hybridized carbons (Fsp3) is 0.333. The summed E-state index contributed by atoms with van der Waals surface area (Å²) < 4.78 is 7.10. The summed E-state index contributed by atoms with van der Waals surface area (Å²) in [5.74, 6) is 1.13. The van der Waals surface area contributed by atoms with Gasteiger partial charge in [-0.1, -0.05) is 0 Å². The highest BCUT2D eigenvalue weighted by molar-refractivity contribution is 5.61. The molecule has 0 fully saturated rings. The summed E-state index contributed by atoms with van der Waals surface area (Å²) in [7, 11) is 1.88. The van der Waals surface area contributed by atoms with Gasteiger partial charge < -0.3 is 15.8 Å². The molecule has 0 radical (unpaired) electrons. The number of hydrogen-bond acceptors (Lipinski definition) is 5. The van der Waals surface area contributed by atoms with E-state index < -0.39 is 0 Å². The van der Waals surface area contributed by atoms with Crippen molar-refractivity contribution in [2.45, 2.75) is 13.8 Å². The van der Waals surface area contributed by atoms with Gasteiger partial charge in [0.2, 0.25) is 5.88 Å². The maximum Gasteiger partial charge on any atom is 0.239 e. The number of nitrogens with two attached hydrogens (primary N) is 1. The van der Waals surface area contributed by atoms with Crippen LogP contribution in [0.4, 0.5) is 17.2 Å². The Balaban J connectivity index is 2.24. The van der Waals surface area contributed by atoms with Crippen molar-refractivity contribution >= 4 is 17.2 Å². The van der Waals surface area contributed by atoms with Gasteiger partial charge in [-0.3, -0.25) is 4.68 Å². The largest absolute Gasteiger partial charge is 0.476 e. The standard InChI is InChI=1S/C12H17N5O/c1-4-18-12-9(13)5-6-11(15-12)14-10-7-17(3)16-8(10)2/h5-7H,4,13H2,1-3H3,(H,14,15). The Morgan fingerprint density at radius 2 is 2.22 bits per heavy atom. The average molecular weight is 247 g/mol. The third-order valence-corrected chi connectivity index (χ3v) is 2.45. The lowest BCUT2D eigenvalue weighted by Gasteiger charge is -2.09. The smallest absolute Gasteiger partial charge is 0.239 e. The molecule has 18 heavy (non-hydrogen) atoms. The number of anilines is 3. The minimum atomic E-state index is 0.448. The van der Waals surface area contributed by atoms with Crippen LogP contribution in [0.25, 0.3) is 0 Å². The van der Waals surface area contributed by atoms with Crippen molar-refractivity contribution in [3.8, 4) is 5.88 Å². The van der Waals surface area contributed by atoms with E-state index in [9.17, 15) is 0 Å². The van der Waals surface area contributed by atoms with Crippen LogP contribution in [0.2, 0.25) is 0 Å². The van der Waals surface area contributed by atoms with Crippen molar-refractivity contribution < 1.29 is 4.74 Å². The van der Waals surface area contributed by atoms with E-state index in [1.807, 2.05) is 33.2 Å². The van der Waals surface area contributed by atoms with Crippen molar-refractivity contribution in [3.63, 3.8) is 0 Å². The number of aromatic nitrogens is 3. The summed E-state index contributed by atoms with van der Waals surface area (Å²) in [4.78, 5) is 4.31. The van der Waals surface area contributed by atoms with E-state index >= 15 is 0 Å². The van der Waals surface area contributed by atoms with Crippen LogP contribution in [0.5, 0.6) is 5.88 Å². The number of ether oxygens (including phenoxy) is 1. The highest BCUT2D eigenvalue weighted by Crippen LogP contribution is 2.24. The van der Waals surface area contributed by atoms with Crippen LogP contribution in [0, 0.1) is 6.92 Å². The molecule has 2 aromatic rings. The molecule has 6 heteroatoms. The Bertz CT molecular complexity index is 549. The number of hydrogen-bond donors (Lipinski definition) is 2. The third kappa shape index (κ3) is 2.53. The second kappa shape index (κ2) is 4.95. The van der Waals surface area contributed by atoms with Gasteiger partial charge in [0, 0.05) is 13.2 Å². The summed E-state index contributed by atoms with van der Waals surface area (Å²) >= 11 is 0. The maximum absolute atomic E-state index is 5.77. The van der Waals surface area contributed by atoms with Crippen LogP contribution < -0.4 is 15.8 Å². The number of nitrogens with zero attached hydrogens (tertiary/aromatic N) is 3. The number of nitrogens with one attached hydrogen (secondary N) is 1. The molecule has 0 bridgehead atoms. The molecule has 2 aromatic heterocycles. The molecule has 0 saturated heterocycles. The molecule has 0 amide bonds. The van der Waals surface area contributed by atoms with Crippen molar-refractivity contribution in [1.29, 1.82) is 0 Å². The minimum absolute atomic E-state index is 0.448.